The first-order valence-electron chi connectivity index (χ1n) is 6.35. The van der Waals surface area contributed by atoms with E-state index >= 15 is 0 Å². The molecule has 0 radical (unpaired) electrons. The molecule has 110 valence electrons. The summed E-state index contributed by atoms with van der Waals surface area (Å²) in [6.45, 7) is 8.92. The molecular formula is C15H26O4. The molecule has 0 aliphatic rings. The number of esters is 1. The van der Waals surface area contributed by atoms with Crippen molar-refractivity contribution in [2.24, 2.45) is 0 Å². The number of aliphatic hydroxyl groups is 2. The van der Waals surface area contributed by atoms with Crippen LogP contribution in [0.25, 0.3) is 0 Å². The van der Waals surface area contributed by atoms with Gasteiger partial charge in [-0.2, -0.15) is 0 Å². The first kappa shape index (κ1) is 19.9. The van der Waals surface area contributed by atoms with Crippen LogP contribution in [0.5, 0.6) is 0 Å². The fourth-order valence-electron chi connectivity index (χ4n) is 0.797. The second-order valence-corrected chi connectivity index (χ2v) is 4.18. The zero-order chi connectivity index (χ0) is 15.3. The molecule has 1 aromatic rings. The Morgan fingerprint density at radius 2 is 1.58 bits per heavy atom. The lowest BCUT2D eigenvalue weighted by Crippen LogP contribution is -2.18. The summed E-state index contributed by atoms with van der Waals surface area (Å²) in [5, 5.41) is 16.5. The summed E-state index contributed by atoms with van der Waals surface area (Å²) in [7, 11) is 0. The van der Waals surface area contributed by atoms with Crippen molar-refractivity contribution in [3.63, 3.8) is 0 Å². The van der Waals surface area contributed by atoms with Crippen molar-refractivity contribution >= 4 is 5.97 Å². The van der Waals surface area contributed by atoms with Gasteiger partial charge in [0.15, 0.2) is 0 Å². The Morgan fingerprint density at radius 3 is 1.74 bits per heavy atom. The summed E-state index contributed by atoms with van der Waals surface area (Å²) in [5.41, 5.74) is 1.32. The number of benzene rings is 1. The molecule has 1 unspecified atom stereocenters. The van der Waals surface area contributed by atoms with Gasteiger partial charge in [0.05, 0.1) is 6.61 Å². The number of carbonyl (C=O) groups is 1. The molecule has 1 aromatic carbocycles. The smallest absolute Gasteiger partial charge is 0.334 e. The van der Waals surface area contributed by atoms with E-state index in [1.165, 1.54) is 12.5 Å². The second kappa shape index (κ2) is 13.1. The van der Waals surface area contributed by atoms with E-state index in [1.807, 2.05) is 18.2 Å². The zero-order valence-electron chi connectivity index (χ0n) is 12.5. The molecule has 1 rings (SSSR count). The van der Waals surface area contributed by atoms with Crippen LogP contribution in [0.3, 0.4) is 0 Å². The predicted molar refractivity (Wildman–Crippen MR) is 76.8 cm³/mol. The van der Waals surface area contributed by atoms with E-state index in [1.54, 1.807) is 20.8 Å². The minimum Gasteiger partial charge on any atom is -0.464 e. The van der Waals surface area contributed by atoms with Crippen LogP contribution in [0.2, 0.25) is 0 Å². The van der Waals surface area contributed by atoms with Crippen LogP contribution in [0.15, 0.2) is 30.3 Å². The van der Waals surface area contributed by atoms with Crippen molar-refractivity contribution in [2.75, 3.05) is 6.61 Å². The Morgan fingerprint density at radius 1 is 1.16 bits per heavy atom. The lowest BCUT2D eigenvalue weighted by atomic mass is 10.2. The lowest BCUT2D eigenvalue weighted by molar-refractivity contribution is -0.151. The molecule has 19 heavy (non-hydrogen) atoms. The molecule has 0 aromatic heterocycles. The van der Waals surface area contributed by atoms with Crippen molar-refractivity contribution in [1.29, 1.82) is 0 Å². The topological polar surface area (TPSA) is 66.8 Å². The standard InChI is InChI=1S/C7H8.C5H10O3.C3H8O/c1-7-5-3-2-4-6-7;1-3-8-5(7)4(2)6;1-3(2)4/h2-6H,1H3;4,6H,3H2,1-2H3;3-4H,1-2H3. The fourth-order valence-corrected chi connectivity index (χ4v) is 0.797. The fraction of sp³-hybridized carbons (Fsp3) is 0.533. The summed E-state index contributed by atoms with van der Waals surface area (Å²) >= 11 is 0. The largest absolute Gasteiger partial charge is 0.464 e. The van der Waals surface area contributed by atoms with Crippen molar-refractivity contribution < 1.29 is 19.7 Å². The Kier molecular flexibility index (Phi) is 13.7. The van der Waals surface area contributed by atoms with E-state index in [4.69, 9.17) is 10.2 Å². The minimum absolute atomic E-state index is 0.167. The van der Waals surface area contributed by atoms with Crippen molar-refractivity contribution in [3.05, 3.63) is 35.9 Å². The number of hydrogen-bond acceptors (Lipinski definition) is 4. The highest BCUT2D eigenvalue weighted by Gasteiger charge is 2.07. The maximum atomic E-state index is 10.3. The number of aryl methyl sites for hydroxylation is 1. The van der Waals surface area contributed by atoms with E-state index in [9.17, 15) is 4.79 Å². The van der Waals surface area contributed by atoms with Crippen molar-refractivity contribution in [1.82, 2.24) is 0 Å². The maximum Gasteiger partial charge on any atom is 0.334 e. The van der Waals surface area contributed by atoms with Crippen LogP contribution in [-0.2, 0) is 9.53 Å². The van der Waals surface area contributed by atoms with Gasteiger partial charge < -0.3 is 14.9 Å². The normalized spacial score (nSPS) is 10.5. The Balaban J connectivity index is 0. The lowest BCUT2D eigenvalue weighted by Gasteiger charge is -2.01. The molecule has 0 saturated carbocycles. The van der Waals surface area contributed by atoms with Gasteiger partial charge in [-0.3, -0.25) is 0 Å². The first-order chi connectivity index (χ1) is 8.81. The van der Waals surface area contributed by atoms with E-state index in [0.29, 0.717) is 6.61 Å². The predicted octanol–water partition coefficient (Wildman–Crippen LogP) is 2.31. The molecule has 0 amide bonds. The molecular weight excluding hydrogens is 244 g/mol. The van der Waals surface area contributed by atoms with Crippen LogP contribution in [0, 0.1) is 6.92 Å². The molecule has 4 heteroatoms. The third-order valence-electron chi connectivity index (χ3n) is 1.57. The minimum atomic E-state index is -0.991. The molecule has 0 aliphatic heterocycles. The summed E-state index contributed by atoms with van der Waals surface area (Å²) in [4.78, 5) is 10.3. The number of hydrogen-bond donors (Lipinski definition) is 2. The third kappa shape index (κ3) is 19.1. The van der Waals surface area contributed by atoms with Crippen LogP contribution in [0.4, 0.5) is 0 Å². The SMILES string of the molecule is CC(C)O.CCOC(=O)C(C)O.Cc1ccccc1. The third-order valence-corrected chi connectivity index (χ3v) is 1.57. The van der Waals surface area contributed by atoms with Gasteiger partial charge in [-0.15, -0.1) is 0 Å². The van der Waals surface area contributed by atoms with Gasteiger partial charge in [-0.25, -0.2) is 4.79 Å². The van der Waals surface area contributed by atoms with Gasteiger partial charge in [0.25, 0.3) is 0 Å². The summed E-state index contributed by atoms with van der Waals surface area (Å²) in [6, 6.07) is 10.3. The number of carbonyl (C=O) groups excluding carboxylic acids is 1. The van der Waals surface area contributed by atoms with Gasteiger partial charge in [0.1, 0.15) is 6.10 Å². The quantitative estimate of drug-likeness (QED) is 0.809. The molecule has 0 spiro atoms. The molecule has 0 bridgehead atoms. The summed E-state index contributed by atoms with van der Waals surface area (Å²) < 4.78 is 4.41. The number of ether oxygens (including phenoxy) is 1. The molecule has 0 aliphatic carbocycles. The summed E-state index contributed by atoms with van der Waals surface area (Å²) in [6.07, 6.45) is -1.16. The molecule has 2 N–H and O–H groups in total. The average Bonchev–Trinajstić information content (AvgIpc) is 2.30. The molecule has 0 fully saturated rings. The highest BCUT2D eigenvalue weighted by molar-refractivity contribution is 5.73. The Hall–Kier alpha value is -1.39. The zero-order valence-corrected chi connectivity index (χ0v) is 12.5. The maximum absolute atomic E-state index is 10.3. The van der Waals surface area contributed by atoms with Crippen molar-refractivity contribution in [2.45, 2.75) is 46.8 Å². The van der Waals surface area contributed by atoms with Gasteiger partial charge in [0, 0.05) is 6.10 Å². The van der Waals surface area contributed by atoms with Gasteiger partial charge >= 0.3 is 5.97 Å². The van der Waals surface area contributed by atoms with Gasteiger partial charge in [-0.05, 0) is 34.6 Å². The van der Waals surface area contributed by atoms with Crippen LogP contribution in [-0.4, -0.2) is 35.0 Å². The molecule has 0 saturated heterocycles. The van der Waals surface area contributed by atoms with Gasteiger partial charge in [-0.1, -0.05) is 35.9 Å². The van der Waals surface area contributed by atoms with Crippen LogP contribution in [0.1, 0.15) is 33.3 Å². The van der Waals surface area contributed by atoms with E-state index in [-0.39, 0.29) is 6.10 Å². The molecule has 1 atom stereocenters. The second-order valence-electron chi connectivity index (χ2n) is 4.18. The highest BCUT2D eigenvalue weighted by Crippen LogP contribution is 1.92. The molecule has 0 heterocycles. The van der Waals surface area contributed by atoms with Crippen molar-refractivity contribution in [3.8, 4) is 0 Å². The van der Waals surface area contributed by atoms with E-state index in [2.05, 4.69) is 23.8 Å². The number of rotatable bonds is 2. The number of aliphatic hydroxyl groups excluding tert-OH is 2. The Labute approximate surface area is 116 Å². The Bertz CT molecular complexity index is 304. The highest BCUT2D eigenvalue weighted by atomic mass is 16.5. The first-order valence-corrected chi connectivity index (χ1v) is 6.35. The van der Waals surface area contributed by atoms with E-state index < -0.39 is 12.1 Å². The van der Waals surface area contributed by atoms with Crippen LogP contribution >= 0.6 is 0 Å². The van der Waals surface area contributed by atoms with E-state index in [0.717, 1.165) is 0 Å². The average molecular weight is 270 g/mol. The van der Waals surface area contributed by atoms with Gasteiger partial charge in [0.2, 0.25) is 0 Å². The molecule has 4 nitrogen and oxygen atoms in total. The monoisotopic (exact) mass is 270 g/mol. The summed E-state index contributed by atoms with van der Waals surface area (Å²) in [5.74, 6) is -0.562. The van der Waals surface area contributed by atoms with Crippen LogP contribution < -0.4 is 0 Å².